The predicted molar refractivity (Wildman–Crippen MR) is 66.0 cm³/mol. The van der Waals surface area contributed by atoms with Crippen LogP contribution < -0.4 is 4.74 Å². The fourth-order valence-electron chi connectivity index (χ4n) is 1.12. The molecule has 0 atom stereocenters. The summed E-state index contributed by atoms with van der Waals surface area (Å²) in [5.41, 5.74) is 1.17. The SMILES string of the molecule is Cc1ccc(Oc2nc(Cl)ncc2Br)cc1. The van der Waals surface area contributed by atoms with Gasteiger partial charge in [0.15, 0.2) is 0 Å². The van der Waals surface area contributed by atoms with Crippen molar-refractivity contribution >= 4 is 27.5 Å². The number of aryl methyl sites for hydroxylation is 1. The van der Waals surface area contributed by atoms with Gasteiger partial charge in [0.1, 0.15) is 5.75 Å². The summed E-state index contributed by atoms with van der Waals surface area (Å²) < 4.78 is 6.23. The minimum absolute atomic E-state index is 0.158. The van der Waals surface area contributed by atoms with Gasteiger partial charge >= 0.3 is 0 Å². The molecule has 0 aliphatic rings. The molecular formula is C11H8BrClN2O. The van der Waals surface area contributed by atoms with Crippen molar-refractivity contribution in [2.75, 3.05) is 0 Å². The van der Waals surface area contributed by atoms with Gasteiger partial charge in [0.2, 0.25) is 11.2 Å². The van der Waals surface area contributed by atoms with E-state index in [9.17, 15) is 0 Å². The van der Waals surface area contributed by atoms with Gasteiger partial charge in [-0.05, 0) is 46.6 Å². The van der Waals surface area contributed by atoms with Gasteiger partial charge < -0.3 is 4.74 Å². The van der Waals surface area contributed by atoms with Crippen molar-refractivity contribution in [3.63, 3.8) is 0 Å². The van der Waals surface area contributed by atoms with Crippen LogP contribution in [-0.4, -0.2) is 9.97 Å². The fraction of sp³-hybridized carbons (Fsp3) is 0.0909. The number of benzene rings is 1. The summed E-state index contributed by atoms with van der Waals surface area (Å²) in [6, 6.07) is 7.67. The molecule has 0 bridgehead atoms. The minimum atomic E-state index is 0.158. The van der Waals surface area contributed by atoms with Crippen molar-refractivity contribution in [3.8, 4) is 11.6 Å². The highest BCUT2D eigenvalue weighted by Gasteiger charge is 2.06. The molecular weight excluding hydrogens is 291 g/mol. The maximum Gasteiger partial charge on any atom is 0.237 e. The minimum Gasteiger partial charge on any atom is -0.438 e. The Bertz CT molecular complexity index is 502. The molecule has 0 fully saturated rings. The second kappa shape index (κ2) is 4.80. The number of aromatic nitrogens is 2. The van der Waals surface area contributed by atoms with Crippen molar-refractivity contribution in [3.05, 3.63) is 45.8 Å². The summed E-state index contributed by atoms with van der Waals surface area (Å²) in [5.74, 6) is 1.12. The Morgan fingerprint density at radius 2 is 1.94 bits per heavy atom. The Morgan fingerprint density at radius 1 is 1.25 bits per heavy atom. The predicted octanol–water partition coefficient (Wildman–Crippen LogP) is 3.99. The summed E-state index contributed by atoms with van der Waals surface area (Å²) in [6.07, 6.45) is 1.55. The molecule has 1 aromatic carbocycles. The van der Waals surface area contributed by atoms with E-state index >= 15 is 0 Å². The smallest absolute Gasteiger partial charge is 0.237 e. The molecule has 1 heterocycles. The molecule has 0 aliphatic carbocycles. The summed E-state index contributed by atoms with van der Waals surface area (Å²) in [6.45, 7) is 2.02. The number of hydrogen-bond donors (Lipinski definition) is 0. The maximum atomic E-state index is 5.69. The molecule has 0 spiro atoms. The lowest BCUT2D eigenvalue weighted by Gasteiger charge is -2.06. The van der Waals surface area contributed by atoms with Crippen LogP contribution in [0.4, 0.5) is 0 Å². The zero-order valence-corrected chi connectivity index (χ0v) is 10.8. The average molecular weight is 300 g/mol. The van der Waals surface area contributed by atoms with Crippen LogP contribution in [0.5, 0.6) is 11.6 Å². The standard InChI is InChI=1S/C11H8BrClN2O/c1-7-2-4-8(5-3-7)16-10-9(12)6-14-11(13)15-10/h2-6H,1H3. The van der Waals surface area contributed by atoms with Gasteiger partial charge in [0.25, 0.3) is 0 Å². The van der Waals surface area contributed by atoms with E-state index in [-0.39, 0.29) is 5.28 Å². The summed E-state index contributed by atoms with van der Waals surface area (Å²) in [5, 5.41) is 0.158. The molecule has 16 heavy (non-hydrogen) atoms. The van der Waals surface area contributed by atoms with E-state index in [2.05, 4.69) is 25.9 Å². The largest absolute Gasteiger partial charge is 0.438 e. The zero-order chi connectivity index (χ0) is 11.5. The van der Waals surface area contributed by atoms with Crippen LogP contribution in [0.3, 0.4) is 0 Å². The van der Waals surface area contributed by atoms with Gasteiger partial charge in [-0.1, -0.05) is 17.7 Å². The number of hydrogen-bond acceptors (Lipinski definition) is 3. The van der Waals surface area contributed by atoms with Crippen LogP contribution in [-0.2, 0) is 0 Å². The number of rotatable bonds is 2. The highest BCUT2D eigenvalue weighted by Crippen LogP contribution is 2.27. The number of ether oxygens (including phenoxy) is 1. The molecule has 5 heteroatoms. The van der Waals surface area contributed by atoms with Crippen LogP contribution in [0.25, 0.3) is 0 Å². The Kier molecular flexibility index (Phi) is 3.41. The van der Waals surface area contributed by atoms with E-state index in [0.717, 1.165) is 0 Å². The van der Waals surface area contributed by atoms with E-state index in [1.165, 1.54) is 5.56 Å². The molecule has 0 amide bonds. The van der Waals surface area contributed by atoms with E-state index in [1.54, 1.807) is 6.20 Å². The van der Waals surface area contributed by atoms with E-state index in [0.29, 0.717) is 16.1 Å². The van der Waals surface area contributed by atoms with Crippen molar-refractivity contribution in [2.24, 2.45) is 0 Å². The Hall–Kier alpha value is -1.13. The lowest BCUT2D eigenvalue weighted by atomic mass is 10.2. The third-order valence-corrected chi connectivity index (χ3v) is 2.64. The van der Waals surface area contributed by atoms with Gasteiger partial charge in [-0.2, -0.15) is 4.98 Å². The fourth-order valence-corrected chi connectivity index (χ4v) is 1.52. The molecule has 0 saturated heterocycles. The third-order valence-electron chi connectivity index (χ3n) is 1.92. The first-order valence-electron chi connectivity index (χ1n) is 4.58. The quantitative estimate of drug-likeness (QED) is 0.786. The number of halogens is 2. The topological polar surface area (TPSA) is 35.0 Å². The Labute approximate surface area is 107 Å². The van der Waals surface area contributed by atoms with Crippen LogP contribution in [0, 0.1) is 6.92 Å². The van der Waals surface area contributed by atoms with E-state index in [1.807, 2.05) is 31.2 Å². The molecule has 0 N–H and O–H groups in total. The van der Waals surface area contributed by atoms with Crippen molar-refractivity contribution in [2.45, 2.75) is 6.92 Å². The van der Waals surface area contributed by atoms with Crippen LogP contribution in [0.1, 0.15) is 5.56 Å². The molecule has 0 unspecified atom stereocenters. The van der Waals surface area contributed by atoms with Crippen LogP contribution >= 0.6 is 27.5 Å². The molecule has 3 nitrogen and oxygen atoms in total. The monoisotopic (exact) mass is 298 g/mol. The lowest BCUT2D eigenvalue weighted by molar-refractivity contribution is 0.458. The van der Waals surface area contributed by atoms with E-state index in [4.69, 9.17) is 16.3 Å². The number of nitrogens with zero attached hydrogens (tertiary/aromatic N) is 2. The van der Waals surface area contributed by atoms with E-state index < -0.39 is 0 Å². The summed E-state index contributed by atoms with van der Waals surface area (Å²) >= 11 is 8.98. The van der Waals surface area contributed by atoms with Gasteiger partial charge in [0, 0.05) is 6.20 Å². The normalized spacial score (nSPS) is 10.2. The summed E-state index contributed by atoms with van der Waals surface area (Å²) in [4.78, 5) is 7.80. The molecule has 0 saturated carbocycles. The first kappa shape index (κ1) is 11.4. The second-order valence-electron chi connectivity index (χ2n) is 3.21. The van der Waals surface area contributed by atoms with Gasteiger partial charge in [0.05, 0.1) is 4.47 Å². The van der Waals surface area contributed by atoms with Gasteiger partial charge in [-0.3, -0.25) is 0 Å². The van der Waals surface area contributed by atoms with Gasteiger partial charge in [-0.15, -0.1) is 0 Å². The molecule has 1 aromatic heterocycles. The molecule has 2 aromatic rings. The second-order valence-corrected chi connectivity index (χ2v) is 4.40. The van der Waals surface area contributed by atoms with Crippen LogP contribution in [0.2, 0.25) is 5.28 Å². The molecule has 0 aliphatic heterocycles. The van der Waals surface area contributed by atoms with Gasteiger partial charge in [-0.25, -0.2) is 4.98 Å². The third kappa shape index (κ3) is 2.71. The van der Waals surface area contributed by atoms with Crippen molar-refractivity contribution in [1.82, 2.24) is 9.97 Å². The molecule has 82 valence electrons. The first-order chi connectivity index (χ1) is 7.65. The average Bonchev–Trinajstić information content (AvgIpc) is 2.27. The van der Waals surface area contributed by atoms with Crippen molar-refractivity contribution in [1.29, 1.82) is 0 Å². The Morgan fingerprint density at radius 3 is 2.62 bits per heavy atom. The van der Waals surface area contributed by atoms with Crippen molar-refractivity contribution < 1.29 is 4.74 Å². The molecule has 0 radical (unpaired) electrons. The highest BCUT2D eigenvalue weighted by atomic mass is 79.9. The zero-order valence-electron chi connectivity index (χ0n) is 8.45. The lowest BCUT2D eigenvalue weighted by Crippen LogP contribution is -1.91. The maximum absolute atomic E-state index is 5.69. The highest BCUT2D eigenvalue weighted by molar-refractivity contribution is 9.10. The van der Waals surface area contributed by atoms with Crippen LogP contribution in [0.15, 0.2) is 34.9 Å². The molecule has 2 rings (SSSR count). The summed E-state index contributed by atoms with van der Waals surface area (Å²) in [7, 11) is 0. The Balaban J connectivity index is 2.26. The first-order valence-corrected chi connectivity index (χ1v) is 5.75.